The van der Waals surface area contributed by atoms with Crippen molar-refractivity contribution in [2.45, 2.75) is 57.9 Å². The third-order valence-corrected chi connectivity index (χ3v) is 4.62. The molecule has 2 aliphatic rings. The lowest BCUT2D eigenvalue weighted by Gasteiger charge is -2.25. The Morgan fingerprint density at radius 3 is 2.68 bits per heavy atom. The van der Waals surface area contributed by atoms with E-state index in [1.807, 2.05) is 0 Å². The second-order valence-corrected chi connectivity index (χ2v) is 6.41. The van der Waals surface area contributed by atoms with Gasteiger partial charge in [0, 0.05) is 19.1 Å². The molecule has 0 aliphatic heterocycles. The van der Waals surface area contributed by atoms with E-state index >= 15 is 0 Å². The molecule has 3 rings (SSSR count). The largest absolute Gasteiger partial charge is 0.341 e. The molecule has 1 aromatic rings. The summed E-state index contributed by atoms with van der Waals surface area (Å²) in [7, 11) is 0. The standard InChI is InChI=1S/C14H24N4S/c1-2-9-17(10-11-7-8-11)13-15-16-14(19)18(13)12-5-3-4-6-12/h11-12H,2-10H2,1H3,(H,16,19). The predicted molar refractivity (Wildman–Crippen MR) is 80.1 cm³/mol. The van der Waals surface area contributed by atoms with Gasteiger partial charge in [0.15, 0.2) is 4.77 Å². The molecule has 0 spiro atoms. The van der Waals surface area contributed by atoms with E-state index in [0.29, 0.717) is 6.04 Å². The van der Waals surface area contributed by atoms with E-state index in [1.54, 1.807) is 0 Å². The molecule has 2 saturated carbocycles. The third kappa shape index (κ3) is 2.86. The van der Waals surface area contributed by atoms with Gasteiger partial charge < -0.3 is 4.90 Å². The van der Waals surface area contributed by atoms with E-state index in [-0.39, 0.29) is 0 Å². The Kier molecular flexibility index (Phi) is 3.91. The Morgan fingerprint density at radius 2 is 2.05 bits per heavy atom. The van der Waals surface area contributed by atoms with Gasteiger partial charge in [-0.15, -0.1) is 5.10 Å². The molecule has 0 atom stereocenters. The van der Waals surface area contributed by atoms with Crippen molar-refractivity contribution in [2.75, 3.05) is 18.0 Å². The van der Waals surface area contributed by atoms with Crippen molar-refractivity contribution in [1.29, 1.82) is 0 Å². The first kappa shape index (κ1) is 13.2. The number of hydrogen-bond acceptors (Lipinski definition) is 3. The van der Waals surface area contributed by atoms with E-state index in [9.17, 15) is 0 Å². The molecule has 0 amide bonds. The number of hydrogen-bond donors (Lipinski definition) is 1. The second-order valence-electron chi connectivity index (χ2n) is 6.03. The van der Waals surface area contributed by atoms with Gasteiger partial charge in [0.2, 0.25) is 5.95 Å². The number of anilines is 1. The van der Waals surface area contributed by atoms with Gasteiger partial charge in [0.25, 0.3) is 0 Å². The fourth-order valence-corrected chi connectivity index (χ4v) is 3.44. The third-order valence-electron chi connectivity index (χ3n) is 4.33. The summed E-state index contributed by atoms with van der Waals surface area (Å²) in [6.45, 7) is 4.48. The highest BCUT2D eigenvalue weighted by molar-refractivity contribution is 7.71. The zero-order valence-electron chi connectivity index (χ0n) is 11.8. The van der Waals surface area contributed by atoms with Crippen LogP contribution in [-0.4, -0.2) is 27.9 Å². The zero-order chi connectivity index (χ0) is 13.2. The molecule has 2 fully saturated rings. The summed E-state index contributed by atoms with van der Waals surface area (Å²) >= 11 is 5.46. The maximum Gasteiger partial charge on any atom is 0.225 e. The van der Waals surface area contributed by atoms with Crippen LogP contribution >= 0.6 is 12.2 Å². The molecule has 0 radical (unpaired) electrons. The van der Waals surface area contributed by atoms with Gasteiger partial charge in [-0.3, -0.25) is 4.57 Å². The molecule has 1 heterocycles. The molecule has 0 unspecified atom stereocenters. The number of rotatable bonds is 6. The molecule has 19 heavy (non-hydrogen) atoms. The highest BCUT2D eigenvalue weighted by Gasteiger charge is 2.28. The van der Waals surface area contributed by atoms with Crippen LogP contribution in [0.3, 0.4) is 0 Å². The van der Waals surface area contributed by atoms with E-state index in [1.165, 1.54) is 38.5 Å². The van der Waals surface area contributed by atoms with Gasteiger partial charge in [-0.25, -0.2) is 5.10 Å². The molecule has 5 heteroatoms. The Hall–Kier alpha value is -0.840. The lowest BCUT2D eigenvalue weighted by molar-refractivity contribution is 0.503. The molecular weight excluding hydrogens is 256 g/mol. The van der Waals surface area contributed by atoms with Crippen LogP contribution in [0.5, 0.6) is 0 Å². The summed E-state index contributed by atoms with van der Waals surface area (Å²) in [5.41, 5.74) is 0. The monoisotopic (exact) mass is 280 g/mol. The highest BCUT2D eigenvalue weighted by atomic mass is 32.1. The molecular formula is C14H24N4S. The van der Waals surface area contributed by atoms with Crippen LogP contribution in [0.2, 0.25) is 0 Å². The first-order valence-electron chi connectivity index (χ1n) is 7.71. The minimum absolute atomic E-state index is 0.569. The van der Waals surface area contributed by atoms with E-state index < -0.39 is 0 Å². The number of aromatic amines is 1. The first-order chi connectivity index (χ1) is 9.29. The fourth-order valence-electron chi connectivity index (χ4n) is 3.17. The van der Waals surface area contributed by atoms with Gasteiger partial charge >= 0.3 is 0 Å². The Balaban J connectivity index is 1.86. The maximum absolute atomic E-state index is 5.46. The normalized spacial score (nSPS) is 20.1. The van der Waals surface area contributed by atoms with Gasteiger partial charge in [0.1, 0.15) is 0 Å². The number of nitrogens with one attached hydrogen (secondary N) is 1. The SMILES string of the molecule is CCCN(CC1CC1)c1n[nH]c(=S)n1C1CCCC1. The first-order valence-corrected chi connectivity index (χ1v) is 8.12. The van der Waals surface area contributed by atoms with Crippen LogP contribution in [0.15, 0.2) is 0 Å². The van der Waals surface area contributed by atoms with Crippen molar-refractivity contribution in [2.24, 2.45) is 5.92 Å². The predicted octanol–water partition coefficient (Wildman–Crippen LogP) is 3.68. The van der Waals surface area contributed by atoms with E-state index in [0.717, 1.165) is 36.1 Å². The lowest BCUT2D eigenvalue weighted by atomic mass is 10.2. The number of aromatic nitrogens is 3. The van der Waals surface area contributed by atoms with Crippen LogP contribution in [0.25, 0.3) is 0 Å². The Labute approximate surface area is 120 Å². The molecule has 1 N–H and O–H groups in total. The fraction of sp³-hybridized carbons (Fsp3) is 0.857. The summed E-state index contributed by atoms with van der Waals surface area (Å²) in [6, 6.07) is 0.569. The van der Waals surface area contributed by atoms with Crippen LogP contribution in [-0.2, 0) is 0 Å². The van der Waals surface area contributed by atoms with Crippen LogP contribution in [0, 0.1) is 10.7 Å². The van der Waals surface area contributed by atoms with Crippen LogP contribution in [0.4, 0.5) is 5.95 Å². The summed E-state index contributed by atoms with van der Waals surface area (Å²) < 4.78 is 3.10. The van der Waals surface area contributed by atoms with Crippen LogP contribution < -0.4 is 4.90 Å². The van der Waals surface area contributed by atoms with Crippen molar-refractivity contribution in [3.63, 3.8) is 0 Å². The van der Waals surface area contributed by atoms with Crippen molar-refractivity contribution < 1.29 is 0 Å². The minimum atomic E-state index is 0.569. The quantitative estimate of drug-likeness (QED) is 0.808. The lowest BCUT2D eigenvalue weighted by Crippen LogP contribution is -2.30. The van der Waals surface area contributed by atoms with Crippen molar-refractivity contribution in [1.82, 2.24) is 14.8 Å². The smallest absolute Gasteiger partial charge is 0.225 e. The van der Waals surface area contributed by atoms with Crippen LogP contribution in [0.1, 0.15) is 57.9 Å². The molecule has 1 aromatic heterocycles. The average Bonchev–Trinajstić information content (AvgIpc) is 2.90. The molecule has 0 bridgehead atoms. The molecule has 0 aromatic carbocycles. The molecule has 106 valence electrons. The van der Waals surface area contributed by atoms with Gasteiger partial charge in [-0.2, -0.15) is 0 Å². The summed E-state index contributed by atoms with van der Waals surface area (Å²) in [6.07, 6.45) is 9.09. The van der Waals surface area contributed by atoms with Crippen molar-refractivity contribution >= 4 is 18.2 Å². The minimum Gasteiger partial charge on any atom is -0.341 e. The number of H-pyrrole nitrogens is 1. The molecule has 4 nitrogen and oxygen atoms in total. The van der Waals surface area contributed by atoms with E-state index in [4.69, 9.17) is 12.2 Å². The number of nitrogens with zero attached hydrogens (tertiary/aromatic N) is 3. The van der Waals surface area contributed by atoms with Gasteiger partial charge in [-0.1, -0.05) is 19.8 Å². The average molecular weight is 280 g/mol. The maximum atomic E-state index is 5.46. The Morgan fingerprint density at radius 1 is 1.32 bits per heavy atom. The van der Waals surface area contributed by atoms with Crippen molar-refractivity contribution in [3.8, 4) is 0 Å². The highest BCUT2D eigenvalue weighted by Crippen LogP contribution is 2.35. The Bertz CT molecular complexity index is 468. The summed E-state index contributed by atoms with van der Waals surface area (Å²) in [5, 5.41) is 7.55. The van der Waals surface area contributed by atoms with E-state index in [2.05, 4.69) is 26.6 Å². The van der Waals surface area contributed by atoms with Gasteiger partial charge in [0.05, 0.1) is 0 Å². The topological polar surface area (TPSA) is 36.9 Å². The summed E-state index contributed by atoms with van der Waals surface area (Å²) in [5.74, 6) is 1.97. The molecule has 2 aliphatic carbocycles. The summed E-state index contributed by atoms with van der Waals surface area (Å²) in [4.78, 5) is 2.45. The zero-order valence-corrected chi connectivity index (χ0v) is 12.6. The van der Waals surface area contributed by atoms with Gasteiger partial charge in [-0.05, 0) is 50.2 Å². The molecule has 0 saturated heterocycles. The van der Waals surface area contributed by atoms with Crippen molar-refractivity contribution in [3.05, 3.63) is 4.77 Å². The second kappa shape index (κ2) is 5.65.